The molecule has 0 saturated heterocycles. The molecule has 3 rings (SSSR count). The molecule has 0 aliphatic heterocycles. The minimum atomic E-state index is -3.56. The molecule has 0 aliphatic carbocycles. The Balaban J connectivity index is 2.16. The van der Waals surface area contributed by atoms with Crippen LogP contribution in [0.15, 0.2) is 59.5 Å². The molecule has 0 fully saturated rings. The van der Waals surface area contributed by atoms with Crippen LogP contribution in [-0.2, 0) is 15.8 Å². The minimum absolute atomic E-state index is 0.0507. The number of rotatable bonds is 7. The van der Waals surface area contributed by atoms with E-state index in [1.54, 1.807) is 18.2 Å². The predicted molar refractivity (Wildman–Crippen MR) is 108 cm³/mol. The zero-order valence-corrected chi connectivity index (χ0v) is 17.2. The van der Waals surface area contributed by atoms with Gasteiger partial charge < -0.3 is 15.2 Å². The SMILES string of the molecule is CC(F)(F)c1nc(Nc2cccc(S(C)(=O)=O)c2)c(C(=O)O)c(Oc2ccccc2)n1. The number of carbonyl (C=O) groups is 1. The molecule has 0 amide bonds. The second-order valence-electron chi connectivity index (χ2n) is 6.61. The quantitative estimate of drug-likeness (QED) is 0.550. The van der Waals surface area contributed by atoms with Gasteiger partial charge in [0.05, 0.1) is 4.90 Å². The van der Waals surface area contributed by atoms with Gasteiger partial charge in [0.2, 0.25) is 11.7 Å². The van der Waals surface area contributed by atoms with E-state index in [4.69, 9.17) is 4.74 Å². The van der Waals surface area contributed by atoms with E-state index in [-0.39, 0.29) is 16.3 Å². The maximum absolute atomic E-state index is 14.0. The number of sulfone groups is 1. The zero-order valence-electron chi connectivity index (χ0n) is 16.3. The van der Waals surface area contributed by atoms with Crippen molar-refractivity contribution in [2.75, 3.05) is 11.6 Å². The van der Waals surface area contributed by atoms with Gasteiger partial charge in [-0.25, -0.2) is 18.2 Å². The molecule has 1 aromatic heterocycles. The summed E-state index contributed by atoms with van der Waals surface area (Å²) in [6.07, 6.45) is 1.00. The summed E-state index contributed by atoms with van der Waals surface area (Å²) >= 11 is 0. The molecular weight excluding hydrogens is 432 g/mol. The lowest BCUT2D eigenvalue weighted by atomic mass is 10.2. The molecule has 3 aromatic rings. The highest BCUT2D eigenvalue weighted by Crippen LogP contribution is 2.34. The van der Waals surface area contributed by atoms with Crippen LogP contribution in [-0.4, -0.2) is 35.7 Å². The molecule has 11 heteroatoms. The van der Waals surface area contributed by atoms with E-state index in [0.29, 0.717) is 6.92 Å². The first-order valence-corrected chi connectivity index (χ1v) is 10.7. The van der Waals surface area contributed by atoms with Gasteiger partial charge in [0, 0.05) is 18.9 Å². The first-order chi connectivity index (χ1) is 14.4. The third-order valence-corrected chi connectivity index (χ3v) is 5.08. The van der Waals surface area contributed by atoms with Gasteiger partial charge in [0.1, 0.15) is 5.75 Å². The van der Waals surface area contributed by atoms with Crippen molar-refractivity contribution >= 4 is 27.3 Å². The molecule has 2 N–H and O–H groups in total. The maximum Gasteiger partial charge on any atom is 0.345 e. The van der Waals surface area contributed by atoms with Gasteiger partial charge in [0.15, 0.2) is 21.2 Å². The number of nitrogens with zero attached hydrogens (tertiary/aromatic N) is 2. The number of halogens is 2. The molecule has 162 valence electrons. The first-order valence-electron chi connectivity index (χ1n) is 8.79. The van der Waals surface area contributed by atoms with E-state index in [2.05, 4.69) is 15.3 Å². The Kier molecular flexibility index (Phi) is 5.89. The lowest BCUT2D eigenvalue weighted by molar-refractivity contribution is 0.00717. The molecule has 0 unspecified atom stereocenters. The fourth-order valence-corrected chi connectivity index (χ4v) is 3.20. The summed E-state index contributed by atoms with van der Waals surface area (Å²) in [7, 11) is -3.56. The Bertz CT molecular complexity index is 1230. The molecule has 0 bridgehead atoms. The zero-order chi connectivity index (χ0) is 22.8. The number of nitrogens with one attached hydrogen (secondary N) is 1. The first kappa shape index (κ1) is 22.1. The molecule has 0 spiro atoms. The second-order valence-corrected chi connectivity index (χ2v) is 8.63. The molecule has 0 saturated carbocycles. The van der Waals surface area contributed by atoms with Crippen molar-refractivity contribution in [3.05, 3.63) is 66.0 Å². The Morgan fingerprint density at radius 1 is 1.10 bits per heavy atom. The summed E-state index contributed by atoms with van der Waals surface area (Å²) in [4.78, 5) is 19.2. The van der Waals surface area contributed by atoms with E-state index < -0.39 is 44.8 Å². The Morgan fingerprint density at radius 3 is 2.35 bits per heavy atom. The van der Waals surface area contributed by atoms with Crippen LogP contribution >= 0.6 is 0 Å². The molecule has 31 heavy (non-hydrogen) atoms. The van der Waals surface area contributed by atoms with Crippen LogP contribution in [0.3, 0.4) is 0 Å². The van der Waals surface area contributed by atoms with Crippen molar-refractivity contribution in [2.24, 2.45) is 0 Å². The smallest absolute Gasteiger partial charge is 0.345 e. The summed E-state index contributed by atoms with van der Waals surface area (Å²) in [5.74, 6) is -6.89. The van der Waals surface area contributed by atoms with Gasteiger partial charge in [-0.05, 0) is 30.3 Å². The van der Waals surface area contributed by atoms with Gasteiger partial charge >= 0.3 is 11.9 Å². The van der Waals surface area contributed by atoms with Crippen molar-refractivity contribution in [3.63, 3.8) is 0 Å². The molecule has 1 heterocycles. The van der Waals surface area contributed by atoms with Crippen LogP contribution in [0.4, 0.5) is 20.3 Å². The molecule has 2 aromatic carbocycles. The fraction of sp³-hybridized carbons (Fsp3) is 0.150. The fourth-order valence-electron chi connectivity index (χ4n) is 2.53. The lowest BCUT2D eigenvalue weighted by Crippen LogP contribution is -2.18. The van der Waals surface area contributed by atoms with Crippen LogP contribution in [0.2, 0.25) is 0 Å². The Hall–Kier alpha value is -3.60. The number of ether oxygens (including phenoxy) is 1. The standard InChI is InChI=1S/C20H17F2N3O5S/c1-20(21,22)19-24-16(23-12-7-6-10-14(11-12)31(2,28)29)15(18(26)27)17(25-19)30-13-8-4-3-5-9-13/h3-11H,1-2H3,(H,26,27)(H,23,24,25). The molecular formula is C20H17F2N3O5S. The van der Waals surface area contributed by atoms with E-state index in [9.17, 15) is 27.1 Å². The largest absolute Gasteiger partial charge is 0.477 e. The highest BCUT2D eigenvalue weighted by molar-refractivity contribution is 7.90. The van der Waals surface area contributed by atoms with Crippen LogP contribution in [0.5, 0.6) is 11.6 Å². The van der Waals surface area contributed by atoms with Crippen molar-refractivity contribution in [2.45, 2.75) is 17.7 Å². The second kappa shape index (κ2) is 8.26. The van der Waals surface area contributed by atoms with Gasteiger partial charge in [0.25, 0.3) is 0 Å². The highest BCUT2D eigenvalue weighted by Gasteiger charge is 2.33. The highest BCUT2D eigenvalue weighted by atomic mass is 32.2. The van der Waals surface area contributed by atoms with Crippen molar-refractivity contribution in [1.82, 2.24) is 9.97 Å². The summed E-state index contributed by atoms with van der Waals surface area (Å²) in [5, 5.41) is 12.3. The maximum atomic E-state index is 14.0. The number of aromatic nitrogens is 2. The predicted octanol–water partition coefficient (Wildman–Crippen LogP) is 4.23. The molecule has 0 aliphatic rings. The monoisotopic (exact) mass is 449 g/mol. The summed E-state index contributed by atoms with van der Waals surface area (Å²) in [6, 6.07) is 13.3. The number of hydrogen-bond donors (Lipinski definition) is 2. The number of benzene rings is 2. The van der Waals surface area contributed by atoms with Crippen LogP contribution < -0.4 is 10.1 Å². The average Bonchev–Trinajstić information content (AvgIpc) is 2.67. The topological polar surface area (TPSA) is 118 Å². The van der Waals surface area contributed by atoms with Crippen molar-refractivity contribution < 1.29 is 31.8 Å². The number of anilines is 2. The van der Waals surface area contributed by atoms with Crippen LogP contribution in [0.25, 0.3) is 0 Å². The lowest BCUT2D eigenvalue weighted by Gasteiger charge is -2.17. The van der Waals surface area contributed by atoms with Gasteiger partial charge in [-0.1, -0.05) is 24.3 Å². The summed E-state index contributed by atoms with van der Waals surface area (Å²) in [6.45, 7) is 0.559. The molecule has 0 radical (unpaired) electrons. The minimum Gasteiger partial charge on any atom is -0.477 e. The van der Waals surface area contributed by atoms with E-state index in [1.165, 1.54) is 36.4 Å². The number of carboxylic acid groups (broad SMARTS) is 1. The number of aromatic carboxylic acids is 1. The normalized spacial score (nSPS) is 11.7. The van der Waals surface area contributed by atoms with Crippen LogP contribution in [0.1, 0.15) is 23.1 Å². The van der Waals surface area contributed by atoms with Crippen molar-refractivity contribution in [1.29, 1.82) is 0 Å². The number of alkyl halides is 2. The summed E-state index contributed by atoms with van der Waals surface area (Å²) < 4.78 is 57.1. The van der Waals surface area contributed by atoms with Gasteiger partial charge in [-0.2, -0.15) is 13.8 Å². The summed E-state index contributed by atoms with van der Waals surface area (Å²) in [5.41, 5.74) is -0.471. The van der Waals surface area contributed by atoms with Gasteiger partial charge in [-0.15, -0.1) is 0 Å². The Morgan fingerprint density at radius 2 is 1.77 bits per heavy atom. The van der Waals surface area contributed by atoms with Crippen LogP contribution in [0, 0.1) is 0 Å². The average molecular weight is 449 g/mol. The van der Waals surface area contributed by atoms with Gasteiger partial charge in [-0.3, -0.25) is 0 Å². The number of para-hydroxylation sites is 1. The Labute approximate surface area is 176 Å². The third kappa shape index (κ3) is 5.31. The number of carboxylic acids is 1. The number of hydrogen-bond acceptors (Lipinski definition) is 7. The third-order valence-electron chi connectivity index (χ3n) is 3.96. The van der Waals surface area contributed by atoms with E-state index >= 15 is 0 Å². The van der Waals surface area contributed by atoms with Crippen molar-refractivity contribution in [3.8, 4) is 11.6 Å². The van der Waals surface area contributed by atoms with E-state index in [1.807, 2.05) is 0 Å². The van der Waals surface area contributed by atoms with E-state index in [0.717, 1.165) is 6.26 Å². The molecule has 0 atom stereocenters. The molecule has 8 nitrogen and oxygen atoms in total.